The number of pyridine rings is 1. The molecule has 274 valence electrons. The predicted molar refractivity (Wildman–Crippen MR) is 183 cm³/mol. The number of carbonyl (C=O) groups is 2. The van der Waals surface area contributed by atoms with Crippen molar-refractivity contribution in [1.29, 1.82) is 0 Å². The Morgan fingerprint density at radius 3 is 2.36 bits per heavy atom. The maximum absolute atomic E-state index is 14.5. The summed E-state index contributed by atoms with van der Waals surface area (Å²) in [6.07, 6.45) is -1.20. The molecule has 0 radical (unpaired) electrons. The molecule has 0 aliphatic rings. The van der Waals surface area contributed by atoms with E-state index in [0.717, 1.165) is 35.1 Å². The molecule has 20 heteroatoms. The topological polar surface area (TPSA) is 187 Å². The zero-order chi connectivity index (χ0) is 38.4. The Morgan fingerprint density at radius 1 is 0.981 bits per heavy atom. The van der Waals surface area contributed by atoms with Gasteiger partial charge in [0.2, 0.25) is 11.8 Å². The average Bonchev–Trinajstić information content (AvgIpc) is 3.36. The van der Waals surface area contributed by atoms with Crippen LogP contribution in [-0.2, 0) is 28.1 Å². The van der Waals surface area contributed by atoms with Crippen LogP contribution >= 0.6 is 11.6 Å². The Bertz CT molecular complexity index is 2640. The van der Waals surface area contributed by atoms with Crippen LogP contribution < -0.4 is 20.9 Å². The molecule has 0 spiro atoms. The van der Waals surface area contributed by atoms with E-state index in [-0.39, 0.29) is 55.7 Å². The standard InChI is InChI=1S/C33H24ClF4N7O7S/c1-44-28-23(6-5-20(34)27(28)30(43-44)40-25(46)14-53(2,50)51)45-31(22(39-33(48)49)11-15-9-17(36)12-18(37)10-15)42-29-19(32(45)47)4-8-26(41-29)52-24-7-3-16(35)13-21(24)38/h3-10,12-13,22,39H,11,14H2,1-2H3,(H,48,49)(H,40,43,46). The zero-order valence-electron chi connectivity index (χ0n) is 27.2. The van der Waals surface area contributed by atoms with Crippen molar-refractivity contribution in [3.8, 4) is 17.3 Å². The molecule has 0 aliphatic heterocycles. The number of carbonyl (C=O) groups excluding carboxylic acids is 1. The molecule has 2 amide bonds. The number of halogens is 5. The molecule has 53 heavy (non-hydrogen) atoms. The fraction of sp³-hybridized carbons (Fsp3) is 0.152. The van der Waals surface area contributed by atoms with Gasteiger partial charge >= 0.3 is 6.09 Å². The van der Waals surface area contributed by atoms with Crippen molar-refractivity contribution < 1.29 is 45.4 Å². The molecular formula is C33H24ClF4N7O7S. The summed E-state index contributed by atoms with van der Waals surface area (Å²) < 4.78 is 87.6. The number of fused-ring (bicyclic) bond motifs is 2. The summed E-state index contributed by atoms with van der Waals surface area (Å²) >= 11 is 6.54. The normalized spacial score (nSPS) is 12.2. The van der Waals surface area contributed by atoms with E-state index in [4.69, 9.17) is 16.3 Å². The molecule has 1 unspecified atom stereocenters. The molecule has 0 fully saturated rings. The first-order valence-electron chi connectivity index (χ1n) is 15.1. The van der Waals surface area contributed by atoms with Crippen LogP contribution in [0.15, 0.2) is 65.5 Å². The number of rotatable bonds is 10. The second-order valence-electron chi connectivity index (χ2n) is 11.7. The van der Waals surface area contributed by atoms with E-state index >= 15 is 0 Å². The number of anilines is 1. The number of amides is 2. The number of carboxylic acid groups (broad SMARTS) is 1. The monoisotopic (exact) mass is 773 g/mol. The maximum Gasteiger partial charge on any atom is 0.405 e. The van der Waals surface area contributed by atoms with Crippen LogP contribution in [0.2, 0.25) is 5.02 Å². The van der Waals surface area contributed by atoms with Gasteiger partial charge in [0.15, 0.2) is 32.9 Å². The third-order valence-corrected chi connectivity index (χ3v) is 8.72. The van der Waals surface area contributed by atoms with Crippen molar-refractivity contribution in [3.63, 3.8) is 0 Å². The summed E-state index contributed by atoms with van der Waals surface area (Å²) in [6, 6.07) is 8.69. The zero-order valence-corrected chi connectivity index (χ0v) is 28.8. The molecule has 1 atom stereocenters. The lowest BCUT2D eigenvalue weighted by molar-refractivity contribution is -0.113. The highest BCUT2D eigenvalue weighted by atomic mass is 35.5. The summed E-state index contributed by atoms with van der Waals surface area (Å²) in [5, 5.41) is 18.7. The van der Waals surface area contributed by atoms with Crippen molar-refractivity contribution in [3.05, 3.63) is 111 Å². The largest absolute Gasteiger partial charge is 0.465 e. The molecule has 3 aromatic heterocycles. The van der Waals surface area contributed by atoms with Gasteiger partial charge in [0, 0.05) is 37.9 Å². The van der Waals surface area contributed by atoms with Gasteiger partial charge in [-0.25, -0.2) is 35.8 Å². The number of sulfone groups is 1. The third kappa shape index (κ3) is 7.90. The molecule has 0 saturated heterocycles. The lowest BCUT2D eigenvalue weighted by Gasteiger charge is -2.22. The van der Waals surface area contributed by atoms with Gasteiger partial charge in [-0.1, -0.05) is 11.6 Å². The van der Waals surface area contributed by atoms with Gasteiger partial charge in [0.1, 0.15) is 29.0 Å². The second-order valence-corrected chi connectivity index (χ2v) is 14.2. The van der Waals surface area contributed by atoms with Crippen LogP contribution in [0.4, 0.5) is 28.2 Å². The van der Waals surface area contributed by atoms with Crippen LogP contribution in [0.25, 0.3) is 27.6 Å². The van der Waals surface area contributed by atoms with Crippen LogP contribution in [0, 0.1) is 23.3 Å². The molecule has 6 aromatic rings. The second kappa shape index (κ2) is 14.2. The Hall–Kier alpha value is -6.08. The molecule has 3 heterocycles. The maximum atomic E-state index is 14.5. The van der Waals surface area contributed by atoms with Crippen molar-refractivity contribution in [2.75, 3.05) is 17.3 Å². The highest BCUT2D eigenvalue weighted by Crippen LogP contribution is 2.35. The van der Waals surface area contributed by atoms with Gasteiger partial charge in [-0.15, -0.1) is 0 Å². The number of nitrogens with zero attached hydrogens (tertiary/aromatic N) is 5. The SMILES string of the molecule is Cn1nc(NC(=O)CS(C)(=O)=O)c2c(Cl)ccc(-n3c(C(Cc4cc(F)cc(F)c4)NC(=O)O)nc4nc(Oc5ccc(F)cc5F)ccc4c3=O)c21. The number of aromatic nitrogens is 5. The van der Waals surface area contributed by atoms with Crippen LogP contribution in [0.3, 0.4) is 0 Å². The Morgan fingerprint density at radius 2 is 1.70 bits per heavy atom. The molecule has 0 aliphatic carbocycles. The van der Waals surface area contributed by atoms with Gasteiger partial charge < -0.3 is 20.5 Å². The number of hydrogen-bond acceptors (Lipinski definition) is 9. The first kappa shape index (κ1) is 36.7. The lowest BCUT2D eigenvalue weighted by atomic mass is 10.0. The third-order valence-electron chi connectivity index (χ3n) is 7.62. The Kier molecular flexibility index (Phi) is 9.80. The molecule has 0 saturated carbocycles. The summed E-state index contributed by atoms with van der Waals surface area (Å²) in [5.41, 5.74) is -1.15. The molecule has 6 rings (SSSR count). The minimum absolute atomic E-state index is 0.0155. The molecular weight excluding hydrogens is 750 g/mol. The van der Waals surface area contributed by atoms with E-state index in [1.54, 1.807) is 0 Å². The van der Waals surface area contributed by atoms with Crippen LogP contribution in [0.5, 0.6) is 11.6 Å². The van der Waals surface area contributed by atoms with E-state index in [2.05, 4.69) is 25.7 Å². The molecule has 0 bridgehead atoms. The lowest BCUT2D eigenvalue weighted by Crippen LogP contribution is -2.35. The van der Waals surface area contributed by atoms with Crippen LogP contribution in [0.1, 0.15) is 17.4 Å². The van der Waals surface area contributed by atoms with Gasteiger partial charge in [0.25, 0.3) is 5.56 Å². The number of benzene rings is 3. The predicted octanol–water partition coefficient (Wildman–Crippen LogP) is 5.20. The van der Waals surface area contributed by atoms with Gasteiger partial charge in [-0.2, -0.15) is 10.1 Å². The Balaban J connectivity index is 1.60. The van der Waals surface area contributed by atoms with Crippen molar-refractivity contribution in [2.45, 2.75) is 12.5 Å². The number of nitrogens with one attached hydrogen (secondary N) is 2. The first-order chi connectivity index (χ1) is 25.0. The number of hydrogen-bond donors (Lipinski definition) is 3. The highest BCUT2D eigenvalue weighted by molar-refractivity contribution is 7.91. The van der Waals surface area contributed by atoms with E-state index in [1.807, 2.05) is 0 Å². The average molecular weight is 774 g/mol. The summed E-state index contributed by atoms with van der Waals surface area (Å²) in [6.45, 7) is 0. The van der Waals surface area contributed by atoms with Crippen molar-refractivity contribution >= 4 is 61.2 Å². The Labute approximate surface area is 300 Å². The van der Waals surface area contributed by atoms with Crippen molar-refractivity contribution in [1.82, 2.24) is 29.6 Å². The summed E-state index contributed by atoms with van der Waals surface area (Å²) in [7, 11) is -2.32. The molecule has 14 nitrogen and oxygen atoms in total. The number of aryl methyl sites for hydroxylation is 1. The van der Waals surface area contributed by atoms with Gasteiger partial charge in [-0.3, -0.25) is 18.8 Å². The number of ether oxygens (including phenoxy) is 1. The molecule has 3 aromatic carbocycles. The minimum atomic E-state index is -3.74. The van der Waals surface area contributed by atoms with E-state index < -0.39 is 74.6 Å². The van der Waals surface area contributed by atoms with Crippen LogP contribution in [-0.4, -0.2) is 61.8 Å². The minimum Gasteiger partial charge on any atom is -0.465 e. The smallest absolute Gasteiger partial charge is 0.405 e. The van der Waals surface area contributed by atoms with Gasteiger partial charge in [0.05, 0.1) is 33.0 Å². The summed E-state index contributed by atoms with van der Waals surface area (Å²) in [5.74, 6) is -6.89. The quantitative estimate of drug-likeness (QED) is 0.156. The fourth-order valence-corrected chi connectivity index (χ4v) is 6.40. The van der Waals surface area contributed by atoms with E-state index in [0.29, 0.717) is 12.1 Å². The first-order valence-corrected chi connectivity index (χ1v) is 17.6. The van der Waals surface area contributed by atoms with E-state index in [9.17, 15) is 45.5 Å². The summed E-state index contributed by atoms with van der Waals surface area (Å²) in [4.78, 5) is 47.9. The van der Waals surface area contributed by atoms with Gasteiger partial charge in [-0.05, 0) is 48.0 Å². The van der Waals surface area contributed by atoms with Crippen molar-refractivity contribution in [2.24, 2.45) is 7.05 Å². The molecule has 3 N–H and O–H groups in total. The fourth-order valence-electron chi connectivity index (χ4n) is 5.61. The van der Waals surface area contributed by atoms with E-state index in [1.165, 1.54) is 36.0 Å². The highest BCUT2D eigenvalue weighted by Gasteiger charge is 2.28.